The first-order valence-electron chi connectivity index (χ1n) is 6.41. The van der Waals surface area contributed by atoms with Gasteiger partial charge in [0.25, 0.3) is 0 Å². The van der Waals surface area contributed by atoms with Crippen LogP contribution in [-0.4, -0.2) is 7.11 Å². The number of ether oxygens (including phenoxy) is 1. The van der Waals surface area contributed by atoms with E-state index >= 15 is 0 Å². The van der Waals surface area contributed by atoms with Gasteiger partial charge in [-0.3, -0.25) is 0 Å². The highest BCUT2D eigenvalue weighted by atomic mass is 16.5. The third-order valence-corrected chi connectivity index (χ3v) is 3.30. The summed E-state index contributed by atoms with van der Waals surface area (Å²) in [7, 11) is 1.66. The molecule has 0 aliphatic rings. The molecule has 2 aromatic carbocycles. The molecule has 0 spiro atoms. The molecule has 3 nitrogen and oxygen atoms in total. The second-order valence-corrected chi connectivity index (χ2v) is 4.50. The fourth-order valence-corrected chi connectivity index (χ4v) is 2.25. The average Bonchev–Trinajstić information content (AvgIpc) is 2.47. The van der Waals surface area contributed by atoms with Crippen molar-refractivity contribution in [1.82, 2.24) is 0 Å². The number of methoxy groups -OCH3 is 1. The van der Waals surface area contributed by atoms with Gasteiger partial charge >= 0.3 is 0 Å². The van der Waals surface area contributed by atoms with Crippen molar-refractivity contribution in [2.45, 2.75) is 19.5 Å². The molecule has 0 saturated carbocycles. The predicted molar refractivity (Wildman–Crippen MR) is 78.0 cm³/mol. The van der Waals surface area contributed by atoms with Gasteiger partial charge in [0.15, 0.2) is 0 Å². The molecule has 0 unspecified atom stereocenters. The van der Waals surface area contributed by atoms with Gasteiger partial charge in [0.1, 0.15) is 5.75 Å². The van der Waals surface area contributed by atoms with Crippen LogP contribution in [0.5, 0.6) is 5.75 Å². The van der Waals surface area contributed by atoms with Crippen LogP contribution in [0, 0.1) is 0 Å². The van der Waals surface area contributed by atoms with Crippen molar-refractivity contribution in [3.05, 3.63) is 64.7 Å². The van der Waals surface area contributed by atoms with E-state index in [0.29, 0.717) is 13.1 Å². The average molecular weight is 256 g/mol. The molecule has 0 aromatic heterocycles. The third kappa shape index (κ3) is 3.13. The Morgan fingerprint density at radius 1 is 0.895 bits per heavy atom. The molecule has 2 aromatic rings. The van der Waals surface area contributed by atoms with Gasteiger partial charge in [-0.1, -0.05) is 36.4 Å². The Morgan fingerprint density at radius 3 is 2.21 bits per heavy atom. The zero-order valence-electron chi connectivity index (χ0n) is 11.2. The van der Waals surface area contributed by atoms with Gasteiger partial charge in [0.05, 0.1) is 7.11 Å². The van der Waals surface area contributed by atoms with Crippen LogP contribution in [0.4, 0.5) is 0 Å². The number of rotatable bonds is 5. The molecule has 0 fully saturated rings. The molecule has 19 heavy (non-hydrogen) atoms. The van der Waals surface area contributed by atoms with Crippen LogP contribution in [0.15, 0.2) is 42.5 Å². The molecule has 0 atom stereocenters. The summed E-state index contributed by atoms with van der Waals surface area (Å²) in [5.74, 6) is 0.846. The fraction of sp³-hybridized carbons (Fsp3) is 0.250. The molecule has 100 valence electrons. The molecule has 0 aliphatic heterocycles. The lowest BCUT2D eigenvalue weighted by atomic mass is 9.98. The van der Waals surface area contributed by atoms with Crippen molar-refractivity contribution in [2.24, 2.45) is 11.5 Å². The Bertz CT molecular complexity index is 552. The first-order chi connectivity index (χ1) is 9.28. The van der Waals surface area contributed by atoms with E-state index in [1.54, 1.807) is 7.11 Å². The Kier molecular flexibility index (Phi) is 4.55. The molecule has 0 saturated heterocycles. The van der Waals surface area contributed by atoms with Crippen molar-refractivity contribution < 1.29 is 4.74 Å². The quantitative estimate of drug-likeness (QED) is 0.862. The van der Waals surface area contributed by atoms with E-state index in [0.717, 1.165) is 17.7 Å². The van der Waals surface area contributed by atoms with E-state index < -0.39 is 0 Å². The van der Waals surface area contributed by atoms with Crippen molar-refractivity contribution >= 4 is 0 Å². The lowest BCUT2D eigenvalue weighted by Crippen LogP contribution is -2.04. The maximum Gasteiger partial charge on any atom is 0.123 e. The minimum absolute atomic E-state index is 0.482. The van der Waals surface area contributed by atoms with Gasteiger partial charge in [-0.25, -0.2) is 0 Å². The Labute approximate surface area is 114 Å². The van der Waals surface area contributed by atoms with Crippen LogP contribution in [0.3, 0.4) is 0 Å². The van der Waals surface area contributed by atoms with Gasteiger partial charge in [-0.2, -0.15) is 0 Å². The summed E-state index contributed by atoms with van der Waals surface area (Å²) in [6, 6.07) is 14.4. The number of benzene rings is 2. The van der Waals surface area contributed by atoms with Crippen LogP contribution < -0.4 is 16.2 Å². The normalized spacial score (nSPS) is 10.5. The maximum atomic E-state index is 5.77. The summed E-state index contributed by atoms with van der Waals surface area (Å²) >= 11 is 0. The lowest BCUT2D eigenvalue weighted by Gasteiger charge is -2.11. The zero-order chi connectivity index (χ0) is 13.7. The smallest absolute Gasteiger partial charge is 0.123 e. The first-order valence-corrected chi connectivity index (χ1v) is 6.41. The summed E-state index contributed by atoms with van der Waals surface area (Å²) < 4.78 is 5.29. The van der Waals surface area contributed by atoms with Crippen molar-refractivity contribution in [3.8, 4) is 5.75 Å². The standard InChI is InChI=1S/C16H20N2O/c1-19-16-7-6-12(9-15(16)11-18)8-13-4-2-3-5-14(13)10-17/h2-7,9H,8,10-11,17-18H2,1H3. The van der Waals surface area contributed by atoms with Gasteiger partial charge in [0.2, 0.25) is 0 Å². The van der Waals surface area contributed by atoms with E-state index in [-0.39, 0.29) is 0 Å². The molecule has 2 rings (SSSR count). The van der Waals surface area contributed by atoms with Gasteiger partial charge < -0.3 is 16.2 Å². The molecule has 0 bridgehead atoms. The van der Waals surface area contributed by atoms with Crippen LogP contribution in [0.2, 0.25) is 0 Å². The molecular weight excluding hydrogens is 236 g/mol. The molecule has 0 amide bonds. The fourth-order valence-electron chi connectivity index (χ4n) is 2.25. The summed E-state index contributed by atoms with van der Waals surface area (Å²) in [6.45, 7) is 1.05. The van der Waals surface area contributed by atoms with Crippen LogP contribution >= 0.6 is 0 Å². The third-order valence-electron chi connectivity index (χ3n) is 3.30. The highest BCUT2D eigenvalue weighted by Gasteiger charge is 2.05. The van der Waals surface area contributed by atoms with Crippen LogP contribution in [-0.2, 0) is 19.5 Å². The van der Waals surface area contributed by atoms with E-state index in [2.05, 4.69) is 24.3 Å². The number of nitrogens with two attached hydrogens (primary N) is 2. The molecule has 0 aliphatic carbocycles. The predicted octanol–water partition coefficient (Wildman–Crippen LogP) is 2.20. The first kappa shape index (κ1) is 13.6. The van der Waals surface area contributed by atoms with Crippen molar-refractivity contribution in [2.75, 3.05) is 7.11 Å². The van der Waals surface area contributed by atoms with Gasteiger partial charge in [-0.05, 0) is 29.2 Å². The second-order valence-electron chi connectivity index (χ2n) is 4.50. The van der Waals surface area contributed by atoms with E-state index in [9.17, 15) is 0 Å². The van der Waals surface area contributed by atoms with Gasteiger partial charge in [-0.15, -0.1) is 0 Å². The van der Waals surface area contributed by atoms with E-state index in [1.807, 2.05) is 18.2 Å². The van der Waals surface area contributed by atoms with Crippen LogP contribution in [0.1, 0.15) is 22.3 Å². The van der Waals surface area contributed by atoms with Crippen molar-refractivity contribution in [1.29, 1.82) is 0 Å². The molecule has 0 heterocycles. The topological polar surface area (TPSA) is 61.3 Å². The minimum Gasteiger partial charge on any atom is -0.496 e. The van der Waals surface area contributed by atoms with Crippen LogP contribution in [0.25, 0.3) is 0 Å². The summed E-state index contributed by atoms with van der Waals surface area (Å²) in [4.78, 5) is 0. The lowest BCUT2D eigenvalue weighted by molar-refractivity contribution is 0.409. The van der Waals surface area contributed by atoms with Gasteiger partial charge in [0, 0.05) is 18.7 Å². The Hall–Kier alpha value is -1.84. The maximum absolute atomic E-state index is 5.77. The highest BCUT2D eigenvalue weighted by molar-refractivity contribution is 5.40. The monoisotopic (exact) mass is 256 g/mol. The molecule has 0 radical (unpaired) electrons. The summed E-state index contributed by atoms with van der Waals surface area (Å²) in [6.07, 6.45) is 0.865. The SMILES string of the molecule is COc1ccc(Cc2ccccc2CN)cc1CN. The summed E-state index contributed by atoms with van der Waals surface area (Å²) in [5.41, 5.74) is 16.2. The van der Waals surface area contributed by atoms with E-state index in [4.69, 9.17) is 16.2 Å². The zero-order valence-corrected chi connectivity index (χ0v) is 11.2. The molecule has 3 heteroatoms. The second kappa shape index (κ2) is 6.36. The van der Waals surface area contributed by atoms with Crippen molar-refractivity contribution in [3.63, 3.8) is 0 Å². The highest BCUT2D eigenvalue weighted by Crippen LogP contribution is 2.22. The van der Waals surface area contributed by atoms with E-state index in [1.165, 1.54) is 16.7 Å². The Morgan fingerprint density at radius 2 is 1.58 bits per heavy atom. The Balaban J connectivity index is 2.28. The molecular formula is C16H20N2O. The number of hydrogen-bond donors (Lipinski definition) is 2. The largest absolute Gasteiger partial charge is 0.496 e. The number of hydrogen-bond acceptors (Lipinski definition) is 3. The summed E-state index contributed by atoms with van der Waals surface area (Å²) in [5, 5.41) is 0. The molecule has 4 N–H and O–H groups in total. The minimum atomic E-state index is 0.482.